The predicted molar refractivity (Wildman–Crippen MR) is 184 cm³/mol. The second-order valence-electron chi connectivity index (χ2n) is 11.9. The third-order valence-corrected chi connectivity index (χ3v) is 8.53. The van der Waals surface area contributed by atoms with Crippen molar-refractivity contribution < 1.29 is 23.9 Å². The summed E-state index contributed by atoms with van der Waals surface area (Å²) in [5, 5.41) is 8.73. The van der Waals surface area contributed by atoms with Gasteiger partial charge in [-0.1, -0.05) is 103 Å². The van der Waals surface area contributed by atoms with Gasteiger partial charge in [0.15, 0.2) is 0 Å². The lowest BCUT2D eigenvalue weighted by Gasteiger charge is -2.25. The minimum atomic E-state index is -1.00. The smallest absolute Gasteiger partial charge is 0.255 e. The van der Waals surface area contributed by atoms with Crippen LogP contribution < -0.4 is 20.7 Å². The highest BCUT2D eigenvalue weighted by molar-refractivity contribution is 5.99. The number of benzene rings is 4. The zero-order valence-electron chi connectivity index (χ0n) is 27.1. The molecule has 4 amide bonds. The van der Waals surface area contributed by atoms with Crippen molar-refractivity contribution in [3.63, 3.8) is 0 Å². The molecule has 0 unspecified atom stereocenters. The molecule has 248 valence electrons. The van der Waals surface area contributed by atoms with E-state index in [9.17, 15) is 19.2 Å². The van der Waals surface area contributed by atoms with Crippen molar-refractivity contribution >= 4 is 23.6 Å². The van der Waals surface area contributed by atoms with Crippen molar-refractivity contribution in [2.75, 3.05) is 26.7 Å². The SMILES string of the molecule is CN1CCOc2ccccc2C(=O)N[C@H](C(=O)NCCC(c2ccccc2)c2ccccc2)CCC(=O)N[C@@H](Cc2ccccc2)C1=O. The number of rotatable bonds is 8. The summed E-state index contributed by atoms with van der Waals surface area (Å²) in [4.78, 5) is 55.5. The number of nitrogens with one attached hydrogen (secondary N) is 3. The van der Waals surface area contributed by atoms with Crippen LogP contribution in [0.25, 0.3) is 0 Å². The molecule has 0 aromatic heterocycles. The van der Waals surface area contributed by atoms with E-state index in [1.165, 1.54) is 4.90 Å². The molecule has 48 heavy (non-hydrogen) atoms. The second kappa shape index (κ2) is 16.9. The number of hydrogen-bond donors (Lipinski definition) is 3. The maximum Gasteiger partial charge on any atom is 0.255 e. The molecule has 2 atom stereocenters. The molecular formula is C39H42N4O5. The van der Waals surface area contributed by atoms with Gasteiger partial charge in [0.05, 0.1) is 12.1 Å². The molecule has 4 aromatic rings. The molecule has 4 aromatic carbocycles. The van der Waals surface area contributed by atoms with Gasteiger partial charge in [-0.25, -0.2) is 0 Å². The van der Waals surface area contributed by atoms with Crippen molar-refractivity contribution in [1.29, 1.82) is 0 Å². The van der Waals surface area contributed by atoms with E-state index in [0.717, 1.165) is 16.7 Å². The van der Waals surface area contributed by atoms with Crippen LogP contribution in [0.2, 0.25) is 0 Å². The van der Waals surface area contributed by atoms with Crippen LogP contribution in [-0.2, 0) is 20.8 Å². The number of fused-ring (bicyclic) bond motifs is 1. The van der Waals surface area contributed by atoms with Gasteiger partial charge in [-0.2, -0.15) is 0 Å². The van der Waals surface area contributed by atoms with Crippen molar-refractivity contribution in [2.45, 2.75) is 43.7 Å². The van der Waals surface area contributed by atoms with Crippen LogP contribution in [0, 0.1) is 0 Å². The zero-order valence-corrected chi connectivity index (χ0v) is 27.1. The Labute approximate surface area is 281 Å². The number of nitrogens with zero attached hydrogens (tertiary/aromatic N) is 1. The largest absolute Gasteiger partial charge is 0.491 e. The maximum atomic E-state index is 13.7. The van der Waals surface area contributed by atoms with E-state index in [2.05, 4.69) is 40.2 Å². The van der Waals surface area contributed by atoms with Crippen LogP contribution in [0.4, 0.5) is 0 Å². The second-order valence-corrected chi connectivity index (χ2v) is 11.9. The van der Waals surface area contributed by atoms with E-state index in [1.54, 1.807) is 31.3 Å². The molecule has 0 bridgehead atoms. The number of hydrogen-bond acceptors (Lipinski definition) is 5. The lowest BCUT2D eigenvalue weighted by molar-refractivity contribution is -0.135. The van der Waals surface area contributed by atoms with Crippen LogP contribution in [0.5, 0.6) is 5.75 Å². The van der Waals surface area contributed by atoms with Crippen LogP contribution in [0.3, 0.4) is 0 Å². The van der Waals surface area contributed by atoms with Gasteiger partial charge in [-0.05, 0) is 41.7 Å². The Hall–Kier alpha value is -5.44. The van der Waals surface area contributed by atoms with Gasteiger partial charge in [0.25, 0.3) is 5.91 Å². The Morgan fingerprint density at radius 3 is 2.10 bits per heavy atom. The van der Waals surface area contributed by atoms with E-state index >= 15 is 0 Å². The van der Waals surface area contributed by atoms with Gasteiger partial charge in [0.1, 0.15) is 24.4 Å². The third kappa shape index (κ3) is 9.31. The molecule has 0 saturated carbocycles. The van der Waals surface area contributed by atoms with Gasteiger partial charge in [0, 0.05) is 32.4 Å². The zero-order chi connectivity index (χ0) is 33.7. The number of carbonyl (C=O) groups is 4. The Kier molecular flexibility index (Phi) is 12.0. The summed E-state index contributed by atoms with van der Waals surface area (Å²) >= 11 is 0. The normalized spacial score (nSPS) is 17.6. The number of ether oxygens (including phenoxy) is 1. The van der Waals surface area contributed by atoms with E-state index in [4.69, 9.17) is 4.74 Å². The lowest BCUT2D eigenvalue weighted by Crippen LogP contribution is -2.50. The topological polar surface area (TPSA) is 117 Å². The Morgan fingerprint density at radius 1 is 0.833 bits per heavy atom. The van der Waals surface area contributed by atoms with E-state index in [1.807, 2.05) is 66.7 Å². The quantitative estimate of drug-likeness (QED) is 0.261. The first-order chi connectivity index (χ1) is 23.4. The molecule has 9 nitrogen and oxygen atoms in total. The highest BCUT2D eigenvalue weighted by Gasteiger charge is 2.28. The number of carbonyl (C=O) groups excluding carboxylic acids is 4. The highest BCUT2D eigenvalue weighted by Crippen LogP contribution is 2.27. The first-order valence-electron chi connectivity index (χ1n) is 16.4. The van der Waals surface area contributed by atoms with Crippen molar-refractivity contribution in [3.05, 3.63) is 138 Å². The van der Waals surface area contributed by atoms with Gasteiger partial charge < -0.3 is 25.6 Å². The fourth-order valence-corrected chi connectivity index (χ4v) is 5.90. The molecule has 0 fully saturated rings. The molecule has 0 radical (unpaired) electrons. The van der Waals surface area contributed by atoms with E-state index in [-0.39, 0.29) is 49.3 Å². The van der Waals surface area contributed by atoms with Gasteiger partial charge in [-0.3, -0.25) is 19.2 Å². The summed E-state index contributed by atoms with van der Waals surface area (Å²) in [6, 6.07) is 34.7. The summed E-state index contributed by atoms with van der Waals surface area (Å²) in [5.41, 5.74) is 3.44. The van der Waals surface area contributed by atoms with Gasteiger partial charge in [-0.15, -0.1) is 0 Å². The molecule has 0 saturated heterocycles. The molecule has 0 aliphatic carbocycles. The summed E-state index contributed by atoms with van der Waals surface area (Å²) in [5.74, 6) is -1.12. The standard InChI is InChI=1S/C39H42N4O5/c1-43-25-26-48-35-20-12-11-19-32(35)37(45)42-33(21-22-36(44)41-34(39(43)47)27-28-13-5-2-6-14-28)38(46)40-24-23-31(29-15-7-3-8-16-29)30-17-9-4-10-18-30/h2-20,31,33-34H,21-27H2,1H3,(H,40,46)(H,41,44)(H,42,45)/t33-,34-/m0/s1. The molecular weight excluding hydrogens is 604 g/mol. The summed E-state index contributed by atoms with van der Waals surface area (Å²) in [6.45, 7) is 0.728. The summed E-state index contributed by atoms with van der Waals surface area (Å²) < 4.78 is 5.96. The van der Waals surface area contributed by atoms with Crippen molar-refractivity contribution in [1.82, 2.24) is 20.9 Å². The lowest BCUT2D eigenvalue weighted by atomic mass is 9.88. The van der Waals surface area contributed by atoms with Crippen molar-refractivity contribution in [2.24, 2.45) is 0 Å². The van der Waals surface area contributed by atoms with Crippen LogP contribution in [0.1, 0.15) is 52.2 Å². The molecule has 1 aliphatic rings. The summed E-state index contributed by atoms with van der Waals surface area (Å²) in [7, 11) is 1.66. The first kappa shape index (κ1) is 33.9. The Balaban J connectivity index is 1.33. The fourth-order valence-electron chi connectivity index (χ4n) is 5.90. The maximum absolute atomic E-state index is 13.7. The van der Waals surface area contributed by atoms with E-state index < -0.39 is 23.9 Å². The van der Waals surface area contributed by atoms with Gasteiger partial charge in [0.2, 0.25) is 17.7 Å². The molecule has 5 rings (SSSR count). The first-order valence-corrected chi connectivity index (χ1v) is 16.4. The van der Waals surface area contributed by atoms with Crippen LogP contribution in [0.15, 0.2) is 115 Å². The van der Waals surface area contributed by atoms with Gasteiger partial charge >= 0.3 is 0 Å². The Bertz CT molecular complexity index is 1630. The average Bonchev–Trinajstić information content (AvgIpc) is 3.12. The number of para-hydroxylation sites is 1. The summed E-state index contributed by atoms with van der Waals surface area (Å²) in [6.07, 6.45) is 0.906. The molecule has 3 N–H and O–H groups in total. The van der Waals surface area contributed by atoms with Crippen LogP contribution in [-0.4, -0.2) is 67.4 Å². The molecule has 9 heteroatoms. The van der Waals surface area contributed by atoms with Crippen molar-refractivity contribution in [3.8, 4) is 5.75 Å². The molecule has 1 heterocycles. The monoisotopic (exact) mass is 646 g/mol. The minimum absolute atomic E-state index is 0.0370. The third-order valence-electron chi connectivity index (χ3n) is 8.53. The predicted octanol–water partition coefficient (Wildman–Crippen LogP) is 4.48. The van der Waals surface area contributed by atoms with Crippen LogP contribution >= 0.6 is 0 Å². The van der Waals surface area contributed by atoms with E-state index in [0.29, 0.717) is 25.1 Å². The average molecular weight is 647 g/mol. The molecule has 1 aliphatic heterocycles. The number of amides is 4. The highest BCUT2D eigenvalue weighted by atomic mass is 16.5. The molecule has 0 spiro atoms. The minimum Gasteiger partial charge on any atom is -0.491 e. The Morgan fingerprint density at radius 2 is 1.44 bits per heavy atom. The fraction of sp³-hybridized carbons (Fsp3) is 0.282. The number of likely N-dealkylation sites (N-methyl/N-ethyl adjacent to an activating group) is 1.